The van der Waals surface area contributed by atoms with Gasteiger partial charge in [-0.1, -0.05) is 44.9 Å². The number of halogens is 3. The molecular weight excluding hydrogens is 567 g/mol. The van der Waals surface area contributed by atoms with Gasteiger partial charge in [0.15, 0.2) is 0 Å². The summed E-state index contributed by atoms with van der Waals surface area (Å²) in [5, 5.41) is 6.15. The minimum absolute atomic E-state index is 0.0295. The van der Waals surface area contributed by atoms with Gasteiger partial charge in [0.1, 0.15) is 17.1 Å². The number of hydrogen-bond acceptors (Lipinski definition) is 6. The Morgan fingerprint density at radius 2 is 1.92 bits per heavy atom. The van der Waals surface area contributed by atoms with E-state index in [-0.39, 0.29) is 33.6 Å². The minimum atomic E-state index is -1.39. The molecule has 1 aliphatic rings. The number of nitroso groups, excluding NO2 is 1. The second kappa shape index (κ2) is 12.5. The van der Waals surface area contributed by atoms with E-state index in [1.807, 2.05) is 13.8 Å². The van der Waals surface area contributed by atoms with Crippen LogP contribution in [0.3, 0.4) is 0 Å². The molecule has 1 aromatic carbocycles. The van der Waals surface area contributed by atoms with Gasteiger partial charge in [-0.05, 0) is 90.3 Å². The number of carbonyl (C=O) groups excluding carboxylic acids is 2. The number of methoxy groups -OCH3 is 1. The summed E-state index contributed by atoms with van der Waals surface area (Å²) in [4.78, 5) is 38.1. The Kier molecular flexibility index (Phi) is 10.5. The molecule has 1 fully saturated rings. The van der Waals surface area contributed by atoms with Gasteiger partial charge in [0.2, 0.25) is 0 Å². The lowest BCUT2D eigenvalue weighted by atomic mass is 9.58. The lowest BCUT2D eigenvalue weighted by Gasteiger charge is -2.47. The Hall–Kier alpha value is -2.26. The fourth-order valence-corrected chi connectivity index (χ4v) is 5.24. The summed E-state index contributed by atoms with van der Waals surface area (Å²) in [5.74, 6) is -1.20. The lowest BCUT2D eigenvalue weighted by molar-refractivity contribution is -0.154. The molecule has 10 heteroatoms. The van der Waals surface area contributed by atoms with Gasteiger partial charge in [-0.3, -0.25) is 4.79 Å². The predicted octanol–water partition coefficient (Wildman–Crippen LogP) is 7.87. The maximum atomic E-state index is 15.5. The van der Waals surface area contributed by atoms with E-state index >= 15 is 4.39 Å². The molecule has 0 aromatic heterocycles. The zero-order valence-corrected chi connectivity index (χ0v) is 24.6. The van der Waals surface area contributed by atoms with Crippen molar-refractivity contribution >= 4 is 45.2 Å². The molecule has 1 aromatic rings. The van der Waals surface area contributed by atoms with Crippen LogP contribution in [0.5, 0.6) is 0 Å². The van der Waals surface area contributed by atoms with Crippen molar-refractivity contribution in [3.8, 4) is 0 Å². The summed E-state index contributed by atoms with van der Waals surface area (Å²) in [6.07, 6.45) is 1.59. The first-order chi connectivity index (χ1) is 17.3. The van der Waals surface area contributed by atoms with E-state index in [2.05, 4.69) is 33.0 Å². The lowest BCUT2D eigenvalue weighted by Crippen LogP contribution is -2.56. The average molecular weight is 602 g/mol. The third kappa shape index (κ3) is 6.79. The van der Waals surface area contributed by atoms with Crippen LogP contribution in [0.2, 0.25) is 5.02 Å². The van der Waals surface area contributed by atoms with Gasteiger partial charge in [-0.25, -0.2) is 9.18 Å². The largest absolute Gasteiger partial charge is 0.468 e. The molecule has 1 aliphatic carbocycles. The summed E-state index contributed by atoms with van der Waals surface area (Å²) >= 11 is 9.57. The van der Waals surface area contributed by atoms with Gasteiger partial charge in [0.25, 0.3) is 0 Å². The molecule has 0 saturated heterocycles. The van der Waals surface area contributed by atoms with Crippen molar-refractivity contribution in [3.05, 3.63) is 55.3 Å². The van der Waals surface area contributed by atoms with Gasteiger partial charge < -0.3 is 14.8 Å². The summed E-state index contributed by atoms with van der Waals surface area (Å²) in [6, 6.07) is 1.08. The highest BCUT2D eigenvalue weighted by molar-refractivity contribution is 9.10. The van der Waals surface area contributed by atoms with Crippen LogP contribution in [0.15, 0.2) is 33.6 Å². The molecule has 1 amide bonds. The van der Waals surface area contributed by atoms with E-state index in [0.29, 0.717) is 42.4 Å². The van der Waals surface area contributed by atoms with E-state index < -0.39 is 34.9 Å². The van der Waals surface area contributed by atoms with Crippen LogP contribution in [-0.4, -0.2) is 30.8 Å². The highest BCUT2D eigenvalue weighted by atomic mass is 79.9. The van der Waals surface area contributed by atoms with Gasteiger partial charge in [-0.2, -0.15) is 0 Å². The number of alkyl carbamates (subject to hydrolysis) is 1. The summed E-state index contributed by atoms with van der Waals surface area (Å²) in [7, 11) is 1.24. The number of nitrogens with one attached hydrogen (secondary N) is 1. The Balaban J connectivity index is 2.78. The number of nitrogens with zero attached hydrogens (tertiary/aromatic N) is 1. The van der Waals surface area contributed by atoms with Crippen LogP contribution in [0, 0.1) is 16.1 Å². The molecule has 0 heterocycles. The van der Waals surface area contributed by atoms with Crippen LogP contribution in [0.4, 0.5) is 9.18 Å². The Morgan fingerprint density at radius 1 is 1.30 bits per heavy atom. The normalized spacial score (nSPS) is 19.9. The topological polar surface area (TPSA) is 94.1 Å². The summed E-state index contributed by atoms with van der Waals surface area (Å²) in [6.45, 7) is 13.1. The summed E-state index contributed by atoms with van der Waals surface area (Å²) in [5.41, 5.74) is -0.885. The number of amides is 1. The molecule has 204 valence electrons. The molecule has 1 saturated carbocycles. The Bertz CT molecular complexity index is 1110. The van der Waals surface area contributed by atoms with Gasteiger partial charge in [0.05, 0.1) is 22.0 Å². The van der Waals surface area contributed by atoms with Crippen molar-refractivity contribution < 1.29 is 23.5 Å². The van der Waals surface area contributed by atoms with Crippen LogP contribution in [0.25, 0.3) is 5.57 Å². The quantitative estimate of drug-likeness (QED) is 0.127. The number of ether oxygens (including phenoxy) is 2. The third-order valence-electron chi connectivity index (χ3n) is 6.21. The van der Waals surface area contributed by atoms with Crippen LogP contribution >= 0.6 is 27.5 Å². The van der Waals surface area contributed by atoms with E-state index in [1.54, 1.807) is 26.8 Å². The first-order valence-electron chi connectivity index (χ1n) is 12.3. The van der Waals surface area contributed by atoms with E-state index in [4.69, 9.17) is 21.1 Å². The maximum absolute atomic E-state index is 15.5. The van der Waals surface area contributed by atoms with Crippen molar-refractivity contribution in [1.29, 1.82) is 0 Å². The predicted molar refractivity (Wildman–Crippen MR) is 147 cm³/mol. The summed E-state index contributed by atoms with van der Waals surface area (Å²) < 4.78 is 26.1. The van der Waals surface area contributed by atoms with Crippen LogP contribution < -0.4 is 5.32 Å². The zero-order chi connectivity index (χ0) is 28.1. The molecule has 0 spiro atoms. The fourth-order valence-electron chi connectivity index (χ4n) is 4.70. The molecule has 0 unspecified atom stereocenters. The monoisotopic (exact) mass is 600 g/mol. The number of carbonyl (C=O) groups is 2. The number of hydrogen-bond donors (Lipinski definition) is 1. The number of esters is 1. The first kappa shape index (κ1) is 31.0. The SMILES string of the molecule is C=C(CCC)/C(N=O)=C(\c1cc(Cl)c(Br)c(F)c1CCC)C1(C(=O)OC)CC(NC(=O)OC(C)(C)C)C1. The maximum Gasteiger partial charge on any atom is 0.407 e. The van der Waals surface area contributed by atoms with E-state index in [9.17, 15) is 14.5 Å². The van der Waals surface area contributed by atoms with Gasteiger partial charge in [-0.15, -0.1) is 4.91 Å². The van der Waals surface area contributed by atoms with Gasteiger partial charge in [0, 0.05) is 11.6 Å². The van der Waals surface area contributed by atoms with Crippen LogP contribution in [0.1, 0.15) is 77.8 Å². The van der Waals surface area contributed by atoms with Crippen molar-refractivity contribution in [2.75, 3.05) is 7.11 Å². The Labute approximate surface area is 231 Å². The molecular formula is C27H35BrClFN2O5. The highest BCUT2D eigenvalue weighted by Crippen LogP contribution is 2.56. The first-order valence-corrected chi connectivity index (χ1v) is 13.4. The van der Waals surface area contributed by atoms with Crippen molar-refractivity contribution in [2.24, 2.45) is 10.6 Å². The smallest absolute Gasteiger partial charge is 0.407 e. The van der Waals surface area contributed by atoms with Crippen molar-refractivity contribution in [2.45, 2.75) is 84.8 Å². The van der Waals surface area contributed by atoms with Crippen molar-refractivity contribution in [3.63, 3.8) is 0 Å². The standard InChI is InChI=1S/C27H35BrClFN2O5/c1-8-10-15(3)23(32-35)20(18-12-19(29)21(28)22(30)17(18)11-9-2)27(24(33)36-7)13-16(14-27)31-25(34)37-26(4,5)6/h12,16H,3,8-11,13-14H2,1-2,4-7H3,(H,31,34)/b23-20-. The van der Waals surface area contributed by atoms with E-state index in [0.717, 1.165) is 0 Å². The third-order valence-corrected chi connectivity index (χ3v) is 7.51. The molecule has 2 rings (SSSR count). The van der Waals surface area contributed by atoms with Gasteiger partial charge >= 0.3 is 12.1 Å². The second-order valence-corrected chi connectivity index (χ2v) is 11.5. The highest BCUT2D eigenvalue weighted by Gasteiger charge is 2.56. The minimum Gasteiger partial charge on any atom is -0.468 e. The molecule has 0 bridgehead atoms. The molecule has 7 nitrogen and oxygen atoms in total. The Morgan fingerprint density at radius 3 is 2.41 bits per heavy atom. The second-order valence-electron chi connectivity index (χ2n) is 10.3. The zero-order valence-electron chi connectivity index (χ0n) is 22.2. The number of benzene rings is 1. The van der Waals surface area contributed by atoms with Crippen LogP contribution in [-0.2, 0) is 20.7 Å². The average Bonchev–Trinajstić information content (AvgIpc) is 2.78. The molecule has 0 aliphatic heterocycles. The molecule has 37 heavy (non-hydrogen) atoms. The number of rotatable bonds is 10. The molecule has 0 atom stereocenters. The molecule has 0 radical (unpaired) electrons. The molecule has 1 N–H and O–H groups in total. The fraction of sp³-hybridized carbons (Fsp3) is 0.556. The van der Waals surface area contributed by atoms with Crippen molar-refractivity contribution in [1.82, 2.24) is 5.32 Å². The number of allylic oxidation sites excluding steroid dienone is 1. The van der Waals surface area contributed by atoms with E-state index in [1.165, 1.54) is 7.11 Å².